The summed E-state index contributed by atoms with van der Waals surface area (Å²) >= 11 is 3.45. The van der Waals surface area contributed by atoms with Crippen molar-refractivity contribution in [1.29, 1.82) is 0 Å². The molecule has 1 aliphatic rings. The summed E-state index contributed by atoms with van der Waals surface area (Å²) in [6.07, 6.45) is 0.705. The zero-order chi connectivity index (χ0) is 16.1. The summed E-state index contributed by atoms with van der Waals surface area (Å²) in [6.45, 7) is 3.80. The van der Waals surface area contributed by atoms with Crippen LogP contribution in [0.1, 0.15) is 5.56 Å². The molecule has 2 aromatic carbocycles. The summed E-state index contributed by atoms with van der Waals surface area (Å²) < 4.78 is 14.2. The van der Waals surface area contributed by atoms with E-state index in [0.29, 0.717) is 6.42 Å². The minimum absolute atomic E-state index is 0.206. The van der Waals surface area contributed by atoms with Crippen LogP contribution < -0.4 is 5.32 Å². The molecule has 0 saturated carbocycles. The van der Waals surface area contributed by atoms with Gasteiger partial charge in [0.2, 0.25) is 0 Å². The highest BCUT2D eigenvalue weighted by Gasteiger charge is 2.15. The summed E-state index contributed by atoms with van der Waals surface area (Å²) in [7, 11) is 0. The van der Waals surface area contributed by atoms with E-state index in [1.807, 2.05) is 36.4 Å². The molecule has 5 heteroatoms. The summed E-state index contributed by atoms with van der Waals surface area (Å²) in [4.78, 5) is 7.15. The van der Waals surface area contributed by atoms with Gasteiger partial charge in [-0.2, -0.15) is 0 Å². The van der Waals surface area contributed by atoms with Crippen LogP contribution >= 0.6 is 15.9 Å². The zero-order valence-corrected chi connectivity index (χ0v) is 14.4. The Morgan fingerprint density at radius 1 is 1.04 bits per heavy atom. The maximum atomic E-state index is 13.1. The van der Waals surface area contributed by atoms with E-state index in [-0.39, 0.29) is 5.82 Å². The Morgan fingerprint density at radius 2 is 1.70 bits per heavy atom. The average molecular weight is 376 g/mol. The molecular weight excluding hydrogens is 357 g/mol. The number of nitrogens with zero attached hydrogens (tertiary/aromatic N) is 2. The number of piperazine rings is 1. The first-order valence-electron chi connectivity index (χ1n) is 7.74. The maximum Gasteiger partial charge on any atom is 0.123 e. The Balaban J connectivity index is 1.86. The van der Waals surface area contributed by atoms with Crippen molar-refractivity contribution >= 4 is 27.5 Å². The van der Waals surface area contributed by atoms with Gasteiger partial charge in [-0.05, 0) is 42.0 Å². The van der Waals surface area contributed by atoms with E-state index in [4.69, 9.17) is 4.99 Å². The van der Waals surface area contributed by atoms with Crippen LogP contribution in [-0.2, 0) is 6.42 Å². The first kappa shape index (κ1) is 16.1. The zero-order valence-electron chi connectivity index (χ0n) is 12.8. The van der Waals surface area contributed by atoms with Crippen LogP contribution in [0.25, 0.3) is 0 Å². The van der Waals surface area contributed by atoms with E-state index < -0.39 is 0 Å². The molecule has 0 unspecified atom stereocenters. The quantitative estimate of drug-likeness (QED) is 0.653. The molecule has 0 radical (unpaired) electrons. The van der Waals surface area contributed by atoms with Crippen molar-refractivity contribution in [3.63, 3.8) is 0 Å². The first-order valence-corrected chi connectivity index (χ1v) is 8.53. The number of hydrogen-bond acceptors (Lipinski definition) is 2. The standard InChI is InChI=1S/C18H19BrFN3/c19-15-3-7-17(8-4-15)22-18(23-11-9-21-10-12-23)13-14-1-5-16(20)6-2-14/h1-8,21H,9-13H2. The second-order valence-electron chi connectivity index (χ2n) is 5.54. The van der Waals surface area contributed by atoms with Crippen molar-refractivity contribution in [2.75, 3.05) is 26.2 Å². The topological polar surface area (TPSA) is 27.6 Å². The Hall–Kier alpha value is -1.72. The number of benzene rings is 2. The highest BCUT2D eigenvalue weighted by molar-refractivity contribution is 9.10. The molecule has 1 N–H and O–H groups in total. The molecule has 0 aromatic heterocycles. The van der Waals surface area contributed by atoms with Gasteiger partial charge in [0, 0.05) is 37.1 Å². The van der Waals surface area contributed by atoms with Gasteiger partial charge in [-0.15, -0.1) is 0 Å². The van der Waals surface area contributed by atoms with Gasteiger partial charge in [0.15, 0.2) is 0 Å². The number of amidine groups is 1. The summed E-state index contributed by atoms with van der Waals surface area (Å²) in [6, 6.07) is 14.6. The lowest BCUT2D eigenvalue weighted by Crippen LogP contribution is -2.47. The van der Waals surface area contributed by atoms with Crippen LogP contribution in [0.15, 0.2) is 58.0 Å². The second kappa shape index (κ2) is 7.70. The fourth-order valence-electron chi connectivity index (χ4n) is 2.59. The van der Waals surface area contributed by atoms with Crippen molar-refractivity contribution in [2.24, 2.45) is 4.99 Å². The molecule has 0 spiro atoms. The molecule has 0 bridgehead atoms. The van der Waals surface area contributed by atoms with Gasteiger partial charge in [-0.25, -0.2) is 9.38 Å². The Bertz CT molecular complexity index is 662. The fourth-order valence-corrected chi connectivity index (χ4v) is 2.86. The molecule has 1 heterocycles. The van der Waals surface area contributed by atoms with Gasteiger partial charge in [0.1, 0.15) is 11.7 Å². The SMILES string of the molecule is Fc1ccc(CC(=Nc2ccc(Br)cc2)N2CCNCC2)cc1. The molecule has 1 saturated heterocycles. The van der Waals surface area contributed by atoms with Crippen LogP contribution in [-0.4, -0.2) is 36.9 Å². The van der Waals surface area contributed by atoms with Gasteiger partial charge in [-0.3, -0.25) is 0 Å². The number of halogens is 2. The normalized spacial score (nSPS) is 15.7. The monoisotopic (exact) mass is 375 g/mol. The van der Waals surface area contributed by atoms with E-state index in [0.717, 1.165) is 47.7 Å². The van der Waals surface area contributed by atoms with Crippen LogP contribution in [0.3, 0.4) is 0 Å². The first-order chi connectivity index (χ1) is 11.2. The molecule has 0 aliphatic carbocycles. The van der Waals surface area contributed by atoms with Gasteiger partial charge in [0.05, 0.1) is 5.69 Å². The Morgan fingerprint density at radius 3 is 2.35 bits per heavy atom. The third kappa shape index (κ3) is 4.62. The van der Waals surface area contributed by atoms with Crippen LogP contribution in [0.5, 0.6) is 0 Å². The highest BCUT2D eigenvalue weighted by Crippen LogP contribution is 2.19. The lowest BCUT2D eigenvalue weighted by Gasteiger charge is -2.30. The van der Waals surface area contributed by atoms with Gasteiger partial charge in [-0.1, -0.05) is 28.1 Å². The number of nitrogens with one attached hydrogen (secondary N) is 1. The van der Waals surface area contributed by atoms with Crippen LogP contribution in [0.2, 0.25) is 0 Å². The second-order valence-corrected chi connectivity index (χ2v) is 6.46. The number of hydrogen-bond donors (Lipinski definition) is 1. The van der Waals surface area contributed by atoms with Crippen molar-refractivity contribution in [3.05, 3.63) is 64.4 Å². The lowest BCUT2D eigenvalue weighted by atomic mass is 10.1. The lowest BCUT2D eigenvalue weighted by molar-refractivity contribution is 0.353. The number of aliphatic imine (C=N–C) groups is 1. The van der Waals surface area contributed by atoms with E-state index >= 15 is 0 Å². The molecule has 120 valence electrons. The molecule has 0 amide bonds. The van der Waals surface area contributed by atoms with Crippen molar-refractivity contribution in [1.82, 2.24) is 10.2 Å². The maximum absolute atomic E-state index is 13.1. The van der Waals surface area contributed by atoms with Gasteiger partial charge in [0.25, 0.3) is 0 Å². The van der Waals surface area contributed by atoms with Gasteiger partial charge < -0.3 is 10.2 Å². The van der Waals surface area contributed by atoms with Crippen molar-refractivity contribution in [3.8, 4) is 0 Å². The average Bonchev–Trinajstić information content (AvgIpc) is 2.59. The van der Waals surface area contributed by atoms with Crippen molar-refractivity contribution < 1.29 is 4.39 Å². The molecule has 3 nitrogen and oxygen atoms in total. The Kier molecular flexibility index (Phi) is 5.41. The molecule has 3 rings (SSSR count). The molecule has 0 atom stereocenters. The third-order valence-corrected chi connectivity index (χ3v) is 4.37. The number of rotatable bonds is 3. The molecule has 2 aromatic rings. The minimum Gasteiger partial charge on any atom is -0.357 e. The molecule has 23 heavy (non-hydrogen) atoms. The predicted octanol–water partition coefficient (Wildman–Crippen LogP) is 3.77. The van der Waals surface area contributed by atoms with Gasteiger partial charge >= 0.3 is 0 Å². The Labute approximate surface area is 144 Å². The smallest absolute Gasteiger partial charge is 0.123 e. The van der Waals surface area contributed by atoms with Crippen molar-refractivity contribution in [2.45, 2.75) is 6.42 Å². The van der Waals surface area contributed by atoms with E-state index in [9.17, 15) is 4.39 Å². The van der Waals surface area contributed by atoms with E-state index in [1.165, 1.54) is 12.1 Å². The van der Waals surface area contributed by atoms with E-state index in [1.54, 1.807) is 0 Å². The van der Waals surface area contributed by atoms with E-state index in [2.05, 4.69) is 26.1 Å². The largest absolute Gasteiger partial charge is 0.357 e. The summed E-state index contributed by atoms with van der Waals surface area (Å²) in [5.74, 6) is 0.822. The third-order valence-electron chi connectivity index (χ3n) is 3.84. The summed E-state index contributed by atoms with van der Waals surface area (Å²) in [5.41, 5.74) is 2.00. The van der Waals surface area contributed by atoms with Crippen LogP contribution in [0.4, 0.5) is 10.1 Å². The predicted molar refractivity (Wildman–Crippen MR) is 95.8 cm³/mol. The fraction of sp³-hybridized carbons (Fsp3) is 0.278. The van der Waals surface area contributed by atoms with Crippen LogP contribution in [0, 0.1) is 5.82 Å². The molecule has 1 fully saturated rings. The minimum atomic E-state index is -0.206. The molecule has 1 aliphatic heterocycles. The molecular formula is C18H19BrFN3. The highest BCUT2D eigenvalue weighted by atomic mass is 79.9. The summed E-state index contributed by atoms with van der Waals surface area (Å²) in [5, 5.41) is 3.36.